The number of hydrogen-bond acceptors (Lipinski definition) is 4. The highest BCUT2D eigenvalue weighted by Crippen LogP contribution is 2.61. The maximum absolute atomic E-state index is 13.4. The lowest BCUT2D eigenvalue weighted by molar-refractivity contribution is -0.119. The van der Waals surface area contributed by atoms with E-state index in [0.717, 1.165) is 51.0 Å². The number of nitrogens with one attached hydrogen (secondary N) is 1. The third-order valence-corrected chi connectivity index (χ3v) is 26.0. The van der Waals surface area contributed by atoms with Crippen LogP contribution < -0.4 is 5.32 Å². The van der Waals surface area contributed by atoms with E-state index in [9.17, 15) is 14.4 Å². The van der Waals surface area contributed by atoms with Gasteiger partial charge in [0.1, 0.15) is 18.5 Å². The van der Waals surface area contributed by atoms with Crippen molar-refractivity contribution < 1.29 is 14.4 Å². The molecular weight excluding hydrogens is 661 g/mol. The standard InChI is InChI=1S/C41H85N2O3P3/c1-10-27-47(28-11-2,29-12-3)36-39(44)21-19-24-43(25-20-22-40(45)37-48(30-13-4,31-14-5)32-15-6)26-23-42-41(46)38-49(33-16-7,34-17-8)35-18-9/h10-38H2,1-9H3/q+2/p+1. The van der Waals surface area contributed by atoms with Crippen LogP contribution in [0.4, 0.5) is 0 Å². The highest BCUT2D eigenvalue weighted by Gasteiger charge is 2.39. The van der Waals surface area contributed by atoms with Gasteiger partial charge in [-0.15, -0.1) is 0 Å². The van der Waals surface area contributed by atoms with Gasteiger partial charge in [-0.25, -0.2) is 0 Å². The van der Waals surface area contributed by atoms with Gasteiger partial charge in [-0.1, -0.05) is 62.3 Å². The molecule has 49 heavy (non-hydrogen) atoms. The molecule has 0 saturated carbocycles. The van der Waals surface area contributed by atoms with Gasteiger partial charge >= 0.3 is 0 Å². The van der Waals surface area contributed by atoms with Gasteiger partial charge in [0.15, 0.2) is 11.6 Å². The van der Waals surface area contributed by atoms with Crippen LogP contribution in [0.15, 0.2) is 0 Å². The first-order chi connectivity index (χ1) is 23.5. The molecule has 0 saturated heterocycles. The summed E-state index contributed by atoms with van der Waals surface area (Å²) in [6.45, 7) is 23.7. The molecule has 5 nitrogen and oxygen atoms in total. The Bertz CT molecular complexity index is 709. The van der Waals surface area contributed by atoms with Crippen LogP contribution >= 0.6 is 21.8 Å². The van der Waals surface area contributed by atoms with E-state index >= 15 is 0 Å². The van der Waals surface area contributed by atoms with E-state index in [0.29, 0.717) is 31.0 Å². The number of carbonyl (C=O) groups is 3. The van der Waals surface area contributed by atoms with Crippen molar-refractivity contribution in [2.75, 3.05) is 100 Å². The topological polar surface area (TPSA) is 66.5 Å². The van der Waals surface area contributed by atoms with Crippen LogP contribution in [-0.4, -0.2) is 122 Å². The Balaban J connectivity index is 5.49. The van der Waals surface area contributed by atoms with Crippen LogP contribution in [0.25, 0.3) is 0 Å². The van der Waals surface area contributed by atoms with E-state index in [1.54, 1.807) is 0 Å². The minimum absolute atomic E-state index is 0.236. The first kappa shape index (κ1) is 49.1. The van der Waals surface area contributed by atoms with Crippen molar-refractivity contribution in [2.45, 2.75) is 146 Å². The molecule has 0 atom stereocenters. The molecule has 1 N–H and O–H groups in total. The second-order valence-corrected chi connectivity index (χ2v) is 28.5. The average Bonchev–Trinajstić information content (AvgIpc) is 3.02. The Labute approximate surface area is 308 Å². The molecule has 0 aliphatic rings. The predicted molar refractivity (Wildman–Crippen MR) is 230 cm³/mol. The third kappa shape index (κ3) is 21.4. The summed E-state index contributed by atoms with van der Waals surface area (Å²) in [5.41, 5.74) is 0. The Kier molecular flexibility index (Phi) is 29.5. The fourth-order valence-electron chi connectivity index (χ4n) is 8.94. The second-order valence-electron chi connectivity index (χ2n) is 15.5. The lowest BCUT2D eigenvalue weighted by Crippen LogP contribution is -2.38. The van der Waals surface area contributed by atoms with Gasteiger partial charge in [0.05, 0.1) is 55.5 Å². The van der Waals surface area contributed by atoms with E-state index in [1.807, 2.05) is 0 Å². The van der Waals surface area contributed by atoms with Crippen molar-refractivity contribution in [1.82, 2.24) is 10.2 Å². The first-order valence-electron chi connectivity index (χ1n) is 21.1. The second kappa shape index (κ2) is 29.5. The molecule has 0 aromatic heterocycles. The molecule has 0 fully saturated rings. The fourth-order valence-corrected chi connectivity index (χ4v) is 23.4. The van der Waals surface area contributed by atoms with Crippen LogP contribution in [0.3, 0.4) is 0 Å². The van der Waals surface area contributed by atoms with Crippen molar-refractivity contribution in [1.29, 1.82) is 0 Å². The number of rotatable bonds is 35. The van der Waals surface area contributed by atoms with Gasteiger partial charge < -0.3 is 10.2 Å². The summed E-state index contributed by atoms with van der Waals surface area (Å²) in [5, 5.41) is 3.31. The molecular formula is C41H86N2O3P3+3. The van der Waals surface area contributed by atoms with E-state index in [-0.39, 0.29) is 5.91 Å². The van der Waals surface area contributed by atoms with Crippen LogP contribution in [0.5, 0.6) is 0 Å². The molecule has 0 bridgehead atoms. The smallest absolute Gasteiger partial charge is 0.257 e. The van der Waals surface area contributed by atoms with E-state index in [2.05, 4.69) is 72.5 Å². The Morgan fingerprint density at radius 1 is 0.429 bits per heavy atom. The summed E-state index contributed by atoms with van der Waals surface area (Å²) < 4.78 is 0. The highest BCUT2D eigenvalue weighted by molar-refractivity contribution is 7.77. The largest absolute Gasteiger partial charge is 0.352 e. The van der Waals surface area contributed by atoms with Gasteiger partial charge in [-0.2, -0.15) is 0 Å². The summed E-state index contributed by atoms with van der Waals surface area (Å²) in [7, 11) is -3.60. The van der Waals surface area contributed by atoms with Crippen LogP contribution in [0.1, 0.15) is 146 Å². The average molecular weight is 748 g/mol. The van der Waals surface area contributed by atoms with E-state index in [1.165, 1.54) is 113 Å². The zero-order valence-electron chi connectivity index (χ0n) is 34.5. The van der Waals surface area contributed by atoms with Crippen molar-refractivity contribution in [2.24, 2.45) is 0 Å². The SMILES string of the molecule is CCC[P+](CCC)(CCC)CC(=O)CCCN(CCCC(=O)C[P+](CCC)(CCC)CCC)CCNC(=O)C[P+](CCC)(CCC)CCC. The zero-order valence-corrected chi connectivity index (χ0v) is 37.2. The van der Waals surface area contributed by atoms with Crippen molar-refractivity contribution in [3.63, 3.8) is 0 Å². The monoisotopic (exact) mass is 748 g/mol. The molecule has 0 aromatic rings. The summed E-state index contributed by atoms with van der Waals surface area (Å²) in [6, 6.07) is 0. The quantitative estimate of drug-likeness (QED) is 0.0656. The van der Waals surface area contributed by atoms with Crippen LogP contribution in [0, 0.1) is 0 Å². The number of ketones is 2. The van der Waals surface area contributed by atoms with Gasteiger partial charge in [0.2, 0.25) is 0 Å². The molecule has 0 unspecified atom stereocenters. The minimum atomic E-state index is -1.23. The molecule has 1 amide bonds. The van der Waals surface area contributed by atoms with Crippen LogP contribution in [0.2, 0.25) is 0 Å². The number of nitrogens with zero attached hydrogens (tertiary/aromatic N) is 1. The highest BCUT2D eigenvalue weighted by atomic mass is 31.2. The Morgan fingerprint density at radius 3 is 1.00 bits per heavy atom. The maximum atomic E-state index is 13.4. The van der Waals surface area contributed by atoms with Gasteiger partial charge in [0.25, 0.3) is 5.91 Å². The van der Waals surface area contributed by atoms with E-state index < -0.39 is 21.8 Å². The number of carbonyl (C=O) groups excluding carboxylic acids is 3. The normalized spacial score (nSPS) is 12.5. The lowest BCUT2D eigenvalue weighted by atomic mass is 10.2. The Hall–Kier alpha value is 0.0600. The summed E-state index contributed by atoms with van der Waals surface area (Å²) in [6.07, 6.45) is 27.4. The molecule has 0 heterocycles. The fraction of sp³-hybridized carbons (Fsp3) is 0.927. The number of hydrogen-bond donors (Lipinski definition) is 1. The maximum Gasteiger partial charge on any atom is 0.257 e. The molecule has 0 spiro atoms. The molecule has 0 radical (unpaired) electrons. The summed E-state index contributed by atoms with van der Waals surface area (Å²) in [4.78, 5) is 42.4. The third-order valence-electron chi connectivity index (χ3n) is 10.4. The number of amides is 1. The molecule has 0 aromatic carbocycles. The number of Topliss-reactive ketones (excluding diaryl/α,β-unsaturated/α-hetero) is 2. The van der Waals surface area contributed by atoms with Crippen molar-refractivity contribution in [3.05, 3.63) is 0 Å². The van der Waals surface area contributed by atoms with Crippen LogP contribution in [-0.2, 0) is 14.4 Å². The van der Waals surface area contributed by atoms with Crippen molar-refractivity contribution >= 4 is 39.3 Å². The van der Waals surface area contributed by atoms with Gasteiger partial charge in [-0.3, -0.25) is 14.4 Å². The van der Waals surface area contributed by atoms with Gasteiger partial charge in [-0.05, 0) is 83.7 Å². The molecule has 290 valence electrons. The lowest BCUT2D eigenvalue weighted by Gasteiger charge is -2.27. The predicted octanol–water partition coefficient (Wildman–Crippen LogP) is 10.8. The van der Waals surface area contributed by atoms with E-state index in [4.69, 9.17) is 0 Å². The molecule has 0 rings (SSSR count). The summed E-state index contributed by atoms with van der Waals surface area (Å²) in [5.74, 6) is 1.18. The molecule has 0 aliphatic heterocycles. The van der Waals surface area contributed by atoms with Crippen molar-refractivity contribution in [3.8, 4) is 0 Å². The molecule has 8 heteroatoms. The first-order valence-corrected chi connectivity index (χ1v) is 28.7. The molecule has 0 aliphatic carbocycles. The minimum Gasteiger partial charge on any atom is -0.352 e. The zero-order chi connectivity index (χ0) is 37.0. The Morgan fingerprint density at radius 2 is 0.714 bits per heavy atom. The summed E-state index contributed by atoms with van der Waals surface area (Å²) >= 11 is 0. The van der Waals surface area contributed by atoms with Gasteiger partial charge in [0, 0.05) is 47.7 Å².